The van der Waals surface area contributed by atoms with Crippen LogP contribution in [0, 0.1) is 0 Å². The number of morpholine rings is 1. The number of thiocarbonyl (C=S) groups is 1. The van der Waals surface area contributed by atoms with Gasteiger partial charge in [0.1, 0.15) is 4.32 Å². The van der Waals surface area contributed by atoms with Crippen molar-refractivity contribution in [1.82, 2.24) is 9.80 Å². The quantitative estimate of drug-likeness (QED) is 0.568. The minimum Gasteiger partial charge on any atom is -0.379 e. The average molecular weight is 403 g/mol. The molecule has 1 aromatic carbocycles. The molecule has 2 aliphatic rings. The molecule has 0 aromatic heterocycles. The molecule has 3 rings (SSSR count). The number of carbonyl (C=O) groups excluding carboxylic acids is 1. The lowest BCUT2D eigenvalue weighted by Gasteiger charge is -2.28. The summed E-state index contributed by atoms with van der Waals surface area (Å²) in [4.78, 5) is 17.1. The monoisotopic (exact) mass is 402 g/mol. The molecule has 2 saturated heterocycles. The van der Waals surface area contributed by atoms with Crippen molar-refractivity contribution >= 4 is 63.5 Å². The number of thioether (sulfide) groups is 1. The number of hydrogen-bond acceptors (Lipinski definition) is 5. The van der Waals surface area contributed by atoms with Gasteiger partial charge < -0.3 is 4.74 Å². The molecule has 4 nitrogen and oxygen atoms in total. The zero-order chi connectivity index (χ0) is 17.1. The van der Waals surface area contributed by atoms with Gasteiger partial charge in [0, 0.05) is 26.2 Å². The molecule has 2 aliphatic heterocycles. The Balaban J connectivity index is 1.69. The van der Waals surface area contributed by atoms with Crippen LogP contribution >= 0.6 is 47.2 Å². The molecular formula is C16H16Cl2N2O2S2. The molecule has 0 spiro atoms. The summed E-state index contributed by atoms with van der Waals surface area (Å²) in [5.41, 5.74) is 0.720. The molecular weight excluding hydrogens is 387 g/mol. The van der Waals surface area contributed by atoms with Crippen LogP contribution in [-0.2, 0) is 9.53 Å². The summed E-state index contributed by atoms with van der Waals surface area (Å²) < 4.78 is 5.91. The van der Waals surface area contributed by atoms with Gasteiger partial charge in [-0.25, -0.2) is 0 Å². The van der Waals surface area contributed by atoms with Crippen LogP contribution in [0.15, 0.2) is 23.1 Å². The molecule has 1 aromatic rings. The molecule has 8 heteroatoms. The second kappa shape index (κ2) is 8.17. The van der Waals surface area contributed by atoms with E-state index < -0.39 is 0 Å². The first-order chi connectivity index (χ1) is 11.6. The second-order valence-corrected chi connectivity index (χ2v) is 7.89. The van der Waals surface area contributed by atoms with Gasteiger partial charge in [0.2, 0.25) is 0 Å². The van der Waals surface area contributed by atoms with Gasteiger partial charge in [-0.3, -0.25) is 14.6 Å². The molecule has 2 fully saturated rings. The third kappa shape index (κ3) is 4.12. The van der Waals surface area contributed by atoms with Crippen molar-refractivity contribution in [2.24, 2.45) is 0 Å². The van der Waals surface area contributed by atoms with Gasteiger partial charge in [0.25, 0.3) is 5.91 Å². The molecule has 0 N–H and O–H groups in total. The Morgan fingerprint density at radius 2 is 2.00 bits per heavy atom. The zero-order valence-corrected chi connectivity index (χ0v) is 16.0. The molecule has 0 saturated carbocycles. The van der Waals surface area contributed by atoms with Gasteiger partial charge in [-0.2, -0.15) is 0 Å². The Labute approximate surface area is 160 Å². The maximum Gasteiger partial charge on any atom is 0.266 e. The van der Waals surface area contributed by atoms with Crippen molar-refractivity contribution in [3.05, 3.63) is 38.7 Å². The molecule has 0 unspecified atom stereocenters. The molecule has 0 radical (unpaired) electrons. The number of nitrogens with zero attached hydrogens (tertiary/aromatic N) is 2. The zero-order valence-electron chi connectivity index (χ0n) is 12.8. The van der Waals surface area contributed by atoms with Gasteiger partial charge in [0.15, 0.2) is 0 Å². The Hall–Kier alpha value is -0.630. The van der Waals surface area contributed by atoms with Crippen LogP contribution < -0.4 is 0 Å². The number of carbonyl (C=O) groups is 1. The highest BCUT2D eigenvalue weighted by Gasteiger charge is 2.32. The van der Waals surface area contributed by atoms with E-state index in [1.807, 2.05) is 6.07 Å². The predicted molar refractivity (Wildman–Crippen MR) is 104 cm³/mol. The normalized spacial score (nSPS) is 21.1. The lowest BCUT2D eigenvalue weighted by atomic mass is 10.2. The highest BCUT2D eigenvalue weighted by Crippen LogP contribution is 2.35. The van der Waals surface area contributed by atoms with E-state index in [2.05, 4.69) is 4.90 Å². The summed E-state index contributed by atoms with van der Waals surface area (Å²) in [7, 11) is 0. The molecule has 0 atom stereocenters. The number of amides is 1. The highest BCUT2D eigenvalue weighted by atomic mass is 35.5. The van der Waals surface area contributed by atoms with Gasteiger partial charge >= 0.3 is 0 Å². The van der Waals surface area contributed by atoms with Crippen LogP contribution in [0.5, 0.6) is 0 Å². The first kappa shape index (κ1) is 18.2. The minimum absolute atomic E-state index is 0.0747. The molecule has 1 amide bonds. The third-order valence-electron chi connectivity index (χ3n) is 3.89. The standard InChI is InChI=1S/C16H16Cl2N2O2S2/c17-12-3-1-2-11(14(12)18)10-13-15(21)20(16(23)24-13)5-4-19-6-8-22-9-7-19/h1-3,10H,4-9H2/b13-10-. The third-order valence-corrected chi connectivity index (χ3v) is 6.10. The summed E-state index contributed by atoms with van der Waals surface area (Å²) in [6.45, 7) is 4.65. The lowest BCUT2D eigenvalue weighted by molar-refractivity contribution is -0.122. The van der Waals surface area contributed by atoms with Gasteiger partial charge in [0.05, 0.1) is 28.2 Å². The molecule has 128 valence electrons. The molecule has 0 aliphatic carbocycles. The SMILES string of the molecule is O=C1/C(=C/c2cccc(Cl)c2Cl)SC(=S)N1CCN1CCOCC1. The maximum absolute atomic E-state index is 12.6. The van der Waals surface area contributed by atoms with Crippen molar-refractivity contribution < 1.29 is 9.53 Å². The Bertz CT molecular complexity index is 691. The second-order valence-electron chi connectivity index (χ2n) is 5.43. The van der Waals surface area contributed by atoms with E-state index in [-0.39, 0.29) is 5.91 Å². The topological polar surface area (TPSA) is 32.8 Å². The number of halogens is 2. The van der Waals surface area contributed by atoms with Gasteiger partial charge in [-0.15, -0.1) is 0 Å². The van der Waals surface area contributed by atoms with Crippen LogP contribution in [0.25, 0.3) is 6.08 Å². The molecule has 24 heavy (non-hydrogen) atoms. The summed E-state index contributed by atoms with van der Waals surface area (Å²) >= 11 is 18.9. The van der Waals surface area contributed by atoms with Crippen LogP contribution in [0.4, 0.5) is 0 Å². The van der Waals surface area contributed by atoms with Gasteiger partial charge in [-0.1, -0.05) is 59.3 Å². The van der Waals surface area contributed by atoms with Crippen molar-refractivity contribution in [1.29, 1.82) is 0 Å². The van der Waals surface area contributed by atoms with E-state index >= 15 is 0 Å². The van der Waals surface area contributed by atoms with Crippen LogP contribution in [-0.4, -0.2) is 59.4 Å². The average Bonchev–Trinajstić information content (AvgIpc) is 2.85. The van der Waals surface area contributed by atoms with Crippen molar-refractivity contribution in [2.45, 2.75) is 0 Å². The Morgan fingerprint density at radius 1 is 1.25 bits per heavy atom. The fourth-order valence-electron chi connectivity index (χ4n) is 2.53. The fourth-order valence-corrected chi connectivity index (χ4v) is 4.19. The first-order valence-corrected chi connectivity index (χ1v) is 9.54. The minimum atomic E-state index is -0.0747. The molecule has 2 heterocycles. The van der Waals surface area contributed by atoms with Crippen LogP contribution in [0.3, 0.4) is 0 Å². The van der Waals surface area contributed by atoms with Gasteiger partial charge in [-0.05, 0) is 17.7 Å². The number of hydrogen-bond donors (Lipinski definition) is 0. The summed E-state index contributed by atoms with van der Waals surface area (Å²) in [6, 6.07) is 5.35. The van der Waals surface area contributed by atoms with Crippen molar-refractivity contribution in [3.8, 4) is 0 Å². The van der Waals surface area contributed by atoms with E-state index in [1.54, 1.807) is 23.1 Å². The van der Waals surface area contributed by atoms with Crippen LogP contribution in [0.2, 0.25) is 10.0 Å². The predicted octanol–water partition coefficient (Wildman–Crippen LogP) is 3.53. The highest BCUT2D eigenvalue weighted by molar-refractivity contribution is 8.26. The van der Waals surface area contributed by atoms with Crippen molar-refractivity contribution in [2.75, 3.05) is 39.4 Å². The Morgan fingerprint density at radius 3 is 2.75 bits per heavy atom. The van der Waals surface area contributed by atoms with E-state index in [9.17, 15) is 4.79 Å². The van der Waals surface area contributed by atoms with Crippen LogP contribution in [0.1, 0.15) is 5.56 Å². The van der Waals surface area contributed by atoms with Crippen molar-refractivity contribution in [3.63, 3.8) is 0 Å². The summed E-state index contributed by atoms with van der Waals surface area (Å²) in [5.74, 6) is -0.0747. The number of ether oxygens (including phenoxy) is 1. The summed E-state index contributed by atoms with van der Waals surface area (Å²) in [5, 5.41) is 0.908. The van der Waals surface area contributed by atoms with E-state index in [0.717, 1.165) is 38.4 Å². The van der Waals surface area contributed by atoms with E-state index in [0.29, 0.717) is 25.8 Å². The fraction of sp³-hybridized carbons (Fsp3) is 0.375. The lowest BCUT2D eigenvalue weighted by Crippen LogP contribution is -2.42. The molecule has 0 bridgehead atoms. The number of benzene rings is 1. The Kier molecular flexibility index (Phi) is 6.18. The summed E-state index contributed by atoms with van der Waals surface area (Å²) in [6.07, 6.45) is 1.75. The largest absolute Gasteiger partial charge is 0.379 e. The number of rotatable bonds is 4. The van der Waals surface area contributed by atoms with E-state index in [1.165, 1.54) is 11.8 Å². The first-order valence-electron chi connectivity index (χ1n) is 7.56. The smallest absolute Gasteiger partial charge is 0.266 e. The van der Waals surface area contributed by atoms with E-state index in [4.69, 9.17) is 40.2 Å². The maximum atomic E-state index is 12.6.